The maximum absolute atomic E-state index is 3.70. The lowest BCUT2D eigenvalue weighted by molar-refractivity contribution is 0.175. The lowest BCUT2D eigenvalue weighted by atomic mass is 10.1. The predicted molar refractivity (Wildman–Crippen MR) is 71.8 cm³/mol. The second-order valence-corrected chi connectivity index (χ2v) is 5.94. The SMILES string of the molecule is CC(C)CN(CC1CCCCCN1)C(C)C. The van der Waals surface area contributed by atoms with E-state index in [0.29, 0.717) is 6.04 Å². The van der Waals surface area contributed by atoms with Gasteiger partial charge in [-0.2, -0.15) is 0 Å². The molecule has 0 amide bonds. The summed E-state index contributed by atoms with van der Waals surface area (Å²) in [6.45, 7) is 13.0. The average molecular weight is 226 g/mol. The normalized spacial score (nSPS) is 23.1. The van der Waals surface area contributed by atoms with Crippen LogP contribution < -0.4 is 5.32 Å². The largest absolute Gasteiger partial charge is 0.313 e. The Morgan fingerprint density at radius 2 is 1.88 bits per heavy atom. The Bertz CT molecular complexity index is 170. The van der Waals surface area contributed by atoms with Crippen molar-refractivity contribution >= 4 is 0 Å². The molecule has 1 fully saturated rings. The molecule has 96 valence electrons. The van der Waals surface area contributed by atoms with Gasteiger partial charge in [0.05, 0.1) is 0 Å². The maximum Gasteiger partial charge on any atom is 0.0195 e. The van der Waals surface area contributed by atoms with Gasteiger partial charge in [-0.25, -0.2) is 0 Å². The van der Waals surface area contributed by atoms with Crippen LogP contribution in [0, 0.1) is 5.92 Å². The Morgan fingerprint density at radius 3 is 2.50 bits per heavy atom. The van der Waals surface area contributed by atoms with Crippen LogP contribution in [0.2, 0.25) is 0 Å². The fraction of sp³-hybridized carbons (Fsp3) is 1.00. The molecule has 0 saturated carbocycles. The summed E-state index contributed by atoms with van der Waals surface area (Å²) >= 11 is 0. The van der Waals surface area contributed by atoms with Gasteiger partial charge < -0.3 is 5.32 Å². The van der Waals surface area contributed by atoms with Gasteiger partial charge in [-0.1, -0.05) is 26.7 Å². The molecular weight excluding hydrogens is 196 g/mol. The zero-order valence-corrected chi connectivity index (χ0v) is 11.6. The van der Waals surface area contributed by atoms with Crippen molar-refractivity contribution in [2.45, 2.75) is 65.5 Å². The number of rotatable bonds is 5. The Balaban J connectivity index is 2.39. The molecule has 1 heterocycles. The summed E-state index contributed by atoms with van der Waals surface area (Å²) in [6.07, 6.45) is 5.55. The topological polar surface area (TPSA) is 15.3 Å². The lowest BCUT2D eigenvalue weighted by Gasteiger charge is -2.32. The number of nitrogens with one attached hydrogen (secondary N) is 1. The molecule has 16 heavy (non-hydrogen) atoms. The molecule has 1 aliphatic heterocycles. The highest BCUT2D eigenvalue weighted by atomic mass is 15.2. The van der Waals surface area contributed by atoms with Crippen molar-refractivity contribution in [1.29, 1.82) is 0 Å². The van der Waals surface area contributed by atoms with Crippen LogP contribution in [0.1, 0.15) is 53.4 Å². The van der Waals surface area contributed by atoms with E-state index >= 15 is 0 Å². The van der Waals surface area contributed by atoms with E-state index in [1.54, 1.807) is 0 Å². The van der Waals surface area contributed by atoms with E-state index in [0.717, 1.165) is 12.0 Å². The monoisotopic (exact) mass is 226 g/mol. The minimum atomic E-state index is 0.674. The van der Waals surface area contributed by atoms with Crippen molar-refractivity contribution in [1.82, 2.24) is 10.2 Å². The first-order chi connectivity index (χ1) is 7.59. The quantitative estimate of drug-likeness (QED) is 0.775. The smallest absolute Gasteiger partial charge is 0.0195 e. The van der Waals surface area contributed by atoms with Crippen molar-refractivity contribution < 1.29 is 0 Å². The van der Waals surface area contributed by atoms with Gasteiger partial charge in [-0.3, -0.25) is 4.90 Å². The molecule has 0 radical (unpaired) electrons. The van der Waals surface area contributed by atoms with Crippen LogP contribution >= 0.6 is 0 Å². The molecule has 0 aliphatic carbocycles. The van der Waals surface area contributed by atoms with E-state index in [4.69, 9.17) is 0 Å². The molecule has 0 aromatic rings. The first-order valence-corrected chi connectivity index (χ1v) is 7.07. The molecule has 1 N–H and O–H groups in total. The molecular formula is C14H30N2. The molecule has 0 bridgehead atoms. The lowest BCUT2D eigenvalue weighted by Crippen LogP contribution is -2.44. The molecule has 1 aliphatic rings. The highest BCUT2D eigenvalue weighted by molar-refractivity contribution is 4.77. The summed E-state index contributed by atoms with van der Waals surface area (Å²) in [5, 5.41) is 3.70. The summed E-state index contributed by atoms with van der Waals surface area (Å²) in [5.41, 5.74) is 0. The molecule has 1 saturated heterocycles. The van der Waals surface area contributed by atoms with Crippen LogP contribution in [0.4, 0.5) is 0 Å². The highest BCUT2D eigenvalue weighted by Gasteiger charge is 2.18. The number of nitrogens with zero attached hydrogens (tertiary/aromatic N) is 1. The van der Waals surface area contributed by atoms with E-state index in [9.17, 15) is 0 Å². The van der Waals surface area contributed by atoms with Crippen molar-refractivity contribution in [3.8, 4) is 0 Å². The second kappa shape index (κ2) is 7.29. The number of hydrogen-bond donors (Lipinski definition) is 1. The molecule has 2 nitrogen and oxygen atoms in total. The summed E-state index contributed by atoms with van der Waals surface area (Å²) in [4.78, 5) is 2.63. The third-order valence-electron chi connectivity index (χ3n) is 3.45. The van der Waals surface area contributed by atoms with Crippen LogP contribution in [0.15, 0.2) is 0 Å². The van der Waals surface area contributed by atoms with Crippen LogP contribution in [0.25, 0.3) is 0 Å². The van der Waals surface area contributed by atoms with Gasteiger partial charge in [0.25, 0.3) is 0 Å². The van der Waals surface area contributed by atoms with Crippen LogP contribution in [0.5, 0.6) is 0 Å². The van der Waals surface area contributed by atoms with Gasteiger partial charge in [-0.15, -0.1) is 0 Å². The summed E-state index contributed by atoms with van der Waals surface area (Å²) in [7, 11) is 0. The molecule has 1 atom stereocenters. The van der Waals surface area contributed by atoms with Crippen molar-refractivity contribution in [3.05, 3.63) is 0 Å². The highest BCUT2D eigenvalue weighted by Crippen LogP contribution is 2.12. The van der Waals surface area contributed by atoms with Gasteiger partial charge in [0.15, 0.2) is 0 Å². The first kappa shape index (κ1) is 14.0. The van der Waals surface area contributed by atoms with Gasteiger partial charge >= 0.3 is 0 Å². The van der Waals surface area contributed by atoms with Gasteiger partial charge in [-0.05, 0) is 39.2 Å². The van der Waals surface area contributed by atoms with Crippen LogP contribution in [-0.4, -0.2) is 36.6 Å². The molecule has 2 heteroatoms. The second-order valence-electron chi connectivity index (χ2n) is 5.94. The third-order valence-corrected chi connectivity index (χ3v) is 3.45. The molecule has 0 spiro atoms. The standard InChI is InChI=1S/C14H30N2/c1-12(2)10-16(13(3)4)11-14-8-6-5-7-9-15-14/h12-15H,5-11H2,1-4H3. The minimum absolute atomic E-state index is 0.674. The molecule has 1 unspecified atom stereocenters. The van der Waals surface area contributed by atoms with Gasteiger partial charge in [0.2, 0.25) is 0 Å². The zero-order chi connectivity index (χ0) is 12.0. The average Bonchev–Trinajstić information content (AvgIpc) is 2.44. The molecule has 0 aromatic carbocycles. The number of hydrogen-bond acceptors (Lipinski definition) is 2. The van der Waals surface area contributed by atoms with E-state index in [1.807, 2.05) is 0 Å². The van der Waals surface area contributed by atoms with Crippen LogP contribution in [-0.2, 0) is 0 Å². The van der Waals surface area contributed by atoms with Gasteiger partial charge in [0, 0.05) is 25.2 Å². The summed E-state index contributed by atoms with van der Waals surface area (Å²) in [6, 6.07) is 1.40. The van der Waals surface area contributed by atoms with E-state index in [1.165, 1.54) is 45.3 Å². The molecule has 1 rings (SSSR count). The van der Waals surface area contributed by atoms with E-state index in [-0.39, 0.29) is 0 Å². The van der Waals surface area contributed by atoms with Crippen molar-refractivity contribution in [2.75, 3.05) is 19.6 Å². The zero-order valence-electron chi connectivity index (χ0n) is 11.6. The first-order valence-electron chi connectivity index (χ1n) is 7.07. The molecule has 0 aromatic heterocycles. The fourth-order valence-electron chi connectivity index (χ4n) is 2.50. The van der Waals surface area contributed by atoms with Crippen molar-refractivity contribution in [3.63, 3.8) is 0 Å². The predicted octanol–water partition coefficient (Wildman–Crippen LogP) is 2.89. The third kappa shape index (κ3) is 5.31. The van der Waals surface area contributed by atoms with Crippen LogP contribution in [0.3, 0.4) is 0 Å². The maximum atomic E-state index is 3.70. The fourth-order valence-corrected chi connectivity index (χ4v) is 2.50. The van der Waals surface area contributed by atoms with Gasteiger partial charge in [0.1, 0.15) is 0 Å². The minimum Gasteiger partial charge on any atom is -0.313 e. The van der Waals surface area contributed by atoms with E-state index in [2.05, 4.69) is 37.9 Å². The Morgan fingerprint density at radius 1 is 1.12 bits per heavy atom. The Kier molecular flexibility index (Phi) is 6.37. The Hall–Kier alpha value is -0.0800. The summed E-state index contributed by atoms with van der Waals surface area (Å²) in [5.74, 6) is 0.771. The van der Waals surface area contributed by atoms with Crippen molar-refractivity contribution in [2.24, 2.45) is 5.92 Å². The Labute approximate surface area is 102 Å². The summed E-state index contributed by atoms with van der Waals surface area (Å²) < 4.78 is 0. The van der Waals surface area contributed by atoms with E-state index < -0.39 is 0 Å².